The number of likely N-dealkylation sites (tertiary alicyclic amines) is 1. The fourth-order valence-electron chi connectivity index (χ4n) is 3.43. The van der Waals surface area contributed by atoms with Crippen LogP contribution in [0.15, 0.2) is 48.8 Å². The zero-order valence-electron chi connectivity index (χ0n) is 15.0. The number of rotatable bonds is 4. The maximum atomic E-state index is 13.1. The molecule has 1 aliphatic rings. The molecule has 26 heavy (non-hydrogen) atoms. The van der Waals surface area contributed by atoms with Crippen LogP contribution < -0.4 is 4.74 Å². The summed E-state index contributed by atoms with van der Waals surface area (Å²) in [6, 6.07) is 13.0. The van der Waals surface area contributed by atoms with Crippen LogP contribution in [-0.2, 0) is 4.79 Å². The first-order valence-corrected chi connectivity index (χ1v) is 9.06. The molecule has 0 unspecified atom stereocenters. The Hall–Kier alpha value is -2.87. The quantitative estimate of drug-likeness (QED) is 0.840. The maximum absolute atomic E-state index is 13.1. The number of hydrogen-bond donors (Lipinski definition) is 0. The second-order valence-corrected chi connectivity index (χ2v) is 6.58. The highest BCUT2D eigenvalue weighted by Crippen LogP contribution is 2.30. The average Bonchev–Trinajstić information content (AvgIpc) is 2.94. The van der Waals surface area contributed by atoms with Gasteiger partial charge >= 0.3 is 0 Å². The zero-order chi connectivity index (χ0) is 18.4. The molecule has 0 bridgehead atoms. The molecule has 134 valence electrons. The van der Waals surface area contributed by atoms with Gasteiger partial charge in [0.1, 0.15) is 5.75 Å². The molecule has 5 heteroatoms. The maximum Gasteiger partial charge on any atom is 0.263 e. The Labute approximate surface area is 154 Å². The predicted molar refractivity (Wildman–Crippen MR) is 98.4 cm³/mol. The molecule has 2 atom stereocenters. The van der Waals surface area contributed by atoms with Crippen molar-refractivity contribution in [2.24, 2.45) is 0 Å². The van der Waals surface area contributed by atoms with E-state index in [1.165, 1.54) is 0 Å². The van der Waals surface area contributed by atoms with Gasteiger partial charge in [0, 0.05) is 18.9 Å². The second kappa shape index (κ2) is 8.48. The van der Waals surface area contributed by atoms with Crippen LogP contribution in [0.5, 0.6) is 5.75 Å². The number of carbonyl (C=O) groups excluding carboxylic acids is 1. The topological polar surface area (TPSA) is 66.2 Å². The molecule has 2 aromatic rings. The van der Waals surface area contributed by atoms with E-state index in [2.05, 4.69) is 11.1 Å². The van der Waals surface area contributed by atoms with Crippen molar-refractivity contribution >= 4 is 5.91 Å². The van der Waals surface area contributed by atoms with Crippen molar-refractivity contribution in [1.29, 1.82) is 5.26 Å². The average molecular weight is 349 g/mol. The Balaban J connectivity index is 1.77. The number of nitrogens with zero attached hydrogens (tertiary/aromatic N) is 3. The molecule has 5 nitrogen and oxygen atoms in total. The fraction of sp³-hybridized carbons (Fsp3) is 0.381. The van der Waals surface area contributed by atoms with Gasteiger partial charge in [-0.3, -0.25) is 9.78 Å². The summed E-state index contributed by atoms with van der Waals surface area (Å²) in [5.41, 5.74) is 1.64. The van der Waals surface area contributed by atoms with Gasteiger partial charge in [-0.25, -0.2) is 0 Å². The van der Waals surface area contributed by atoms with E-state index in [-0.39, 0.29) is 11.9 Å². The highest BCUT2D eigenvalue weighted by atomic mass is 16.5. The molecule has 0 N–H and O–H groups in total. The van der Waals surface area contributed by atoms with Gasteiger partial charge in [-0.05, 0) is 55.7 Å². The van der Waals surface area contributed by atoms with Gasteiger partial charge in [0.2, 0.25) is 0 Å². The van der Waals surface area contributed by atoms with Gasteiger partial charge in [-0.15, -0.1) is 0 Å². The lowest BCUT2D eigenvalue weighted by atomic mass is 10.0. The molecule has 1 fully saturated rings. The van der Waals surface area contributed by atoms with E-state index in [0.717, 1.165) is 37.8 Å². The number of ether oxygens (including phenoxy) is 1. The Morgan fingerprint density at radius 3 is 2.85 bits per heavy atom. The number of hydrogen-bond acceptors (Lipinski definition) is 4. The number of carbonyl (C=O) groups is 1. The first-order valence-electron chi connectivity index (χ1n) is 9.06. The number of amides is 1. The molecular formula is C21H23N3O2. The van der Waals surface area contributed by atoms with Crippen LogP contribution in [0.1, 0.15) is 49.8 Å². The molecule has 3 rings (SSSR count). The zero-order valence-corrected chi connectivity index (χ0v) is 15.0. The minimum atomic E-state index is -0.605. The van der Waals surface area contributed by atoms with E-state index in [4.69, 9.17) is 10.00 Å². The predicted octanol–water partition coefficient (Wildman–Crippen LogP) is 3.86. The van der Waals surface area contributed by atoms with Gasteiger partial charge in [0.25, 0.3) is 5.91 Å². The molecule has 1 aromatic carbocycles. The molecule has 0 spiro atoms. The molecule has 1 aliphatic heterocycles. The standard InChI is InChI=1S/C21H23N3O2/c1-16(26-19-7-5-6-17(14-19)15-22)21(25)24-13-4-2-3-8-20(24)18-9-11-23-12-10-18/h5-7,9-12,14,16,20H,2-4,8,13H2,1H3/t16-,20-/m1/s1. The van der Waals surface area contributed by atoms with Crippen LogP contribution >= 0.6 is 0 Å². The van der Waals surface area contributed by atoms with Crippen LogP contribution in [0.2, 0.25) is 0 Å². The Morgan fingerprint density at radius 1 is 1.27 bits per heavy atom. The van der Waals surface area contributed by atoms with Crippen molar-refractivity contribution in [2.45, 2.75) is 44.8 Å². The summed E-state index contributed by atoms with van der Waals surface area (Å²) >= 11 is 0. The second-order valence-electron chi connectivity index (χ2n) is 6.58. The Bertz CT molecular complexity index is 785. The summed E-state index contributed by atoms with van der Waals surface area (Å²) in [4.78, 5) is 19.1. The molecule has 0 aliphatic carbocycles. The summed E-state index contributed by atoms with van der Waals surface area (Å²) in [6.45, 7) is 2.51. The third-order valence-electron chi connectivity index (χ3n) is 4.75. The first-order chi connectivity index (χ1) is 12.7. The molecule has 0 saturated carbocycles. The molecule has 1 saturated heterocycles. The molecule has 1 aromatic heterocycles. The summed E-state index contributed by atoms with van der Waals surface area (Å²) < 4.78 is 5.84. The van der Waals surface area contributed by atoms with Crippen LogP contribution in [0.4, 0.5) is 0 Å². The van der Waals surface area contributed by atoms with Crippen LogP contribution in [0.3, 0.4) is 0 Å². The summed E-state index contributed by atoms with van der Waals surface area (Å²) in [7, 11) is 0. The summed E-state index contributed by atoms with van der Waals surface area (Å²) in [5, 5.41) is 9.02. The lowest BCUT2D eigenvalue weighted by Crippen LogP contribution is -2.42. The van der Waals surface area contributed by atoms with Gasteiger partial charge < -0.3 is 9.64 Å². The highest BCUT2D eigenvalue weighted by Gasteiger charge is 2.30. The molecule has 2 heterocycles. The van der Waals surface area contributed by atoms with E-state index in [0.29, 0.717) is 11.3 Å². The van der Waals surface area contributed by atoms with E-state index in [9.17, 15) is 4.79 Å². The van der Waals surface area contributed by atoms with Crippen LogP contribution in [0, 0.1) is 11.3 Å². The third-order valence-corrected chi connectivity index (χ3v) is 4.75. The Morgan fingerprint density at radius 2 is 2.08 bits per heavy atom. The van der Waals surface area contributed by atoms with Crippen molar-refractivity contribution in [3.63, 3.8) is 0 Å². The fourth-order valence-corrected chi connectivity index (χ4v) is 3.43. The normalized spacial score (nSPS) is 18.5. The van der Waals surface area contributed by atoms with Crippen LogP contribution in [-0.4, -0.2) is 28.4 Å². The van der Waals surface area contributed by atoms with Crippen molar-refractivity contribution in [2.75, 3.05) is 6.54 Å². The van der Waals surface area contributed by atoms with Crippen molar-refractivity contribution in [1.82, 2.24) is 9.88 Å². The summed E-state index contributed by atoms with van der Waals surface area (Å²) in [6.07, 6.45) is 7.13. The minimum Gasteiger partial charge on any atom is -0.481 e. The van der Waals surface area contributed by atoms with E-state index in [1.54, 1.807) is 43.6 Å². The van der Waals surface area contributed by atoms with Gasteiger partial charge in [-0.1, -0.05) is 18.9 Å². The van der Waals surface area contributed by atoms with Gasteiger partial charge in [0.15, 0.2) is 6.10 Å². The monoisotopic (exact) mass is 349 g/mol. The lowest BCUT2D eigenvalue weighted by molar-refractivity contribution is -0.140. The largest absolute Gasteiger partial charge is 0.481 e. The molecular weight excluding hydrogens is 326 g/mol. The van der Waals surface area contributed by atoms with E-state index >= 15 is 0 Å². The van der Waals surface area contributed by atoms with Gasteiger partial charge in [-0.2, -0.15) is 5.26 Å². The summed E-state index contributed by atoms with van der Waals surface area (Å²) in [5.74, 6) is 0.524. The number of nitriles is 1. The van der Waals surface area contributed by atoms with E-state index < -0.39 is 6.10 Å². The van der Waals surface area contributed by atoms with Crippen molar-refractivity contribution < 1.29 is 9.53 Å². The van der Waals surface area contributed by atoms with E-state index in [1.807, 2.05) is 17.0 Å². The SMILES string of the molecule is C[C@@H](Oc1cccc(C#N)c1)C(=O)N1CCCCC[C@@H]1c1ccncc1. The number of pyridine rings is 1. The lowest BCUT2D eigenvalue weighted by Gasteiger charge is -2.32. The minimum absolute atomic E-state index is 0.0175. The Kier molecular flexibility index (Phi) is 5.85. The molecule has 0 radical (unpaired) electrons. The van der Waals surface area contributed by atoms with Gasteiger partial charge in [0.05, 0.1) is 17.7 Å². The number of benzene rings is 1. The molecule has 1 amide bonds. The smallest absolute Gasteiger partial charge is 0.263 e. The number of aromatic nitrogens is 1. The van der Waals surface area contributed by atoms with Crippen LogP contribution in [0.25, 0.3) is 0 Å². The first kappa shape index (κ1) is 17.9. The third kappa shape index (κ3) is 4.20. The highest BCUT2D eigenvalue weighted by molar-refractivity contribution is 5.81. The van der Waals surface area contributed by atoms with Crippen molar-refractivity contribution in [3.8, 4) is 11.8 Å². The van der Waals surface area contributed by atoms with Crippen molar-refractivity contribution in [3.05, 3.63) is 59.9 Å².